The van der Waals surface area contributed by atoms with Gasteiger partial charge in [-0.3, -0.25) is 14.5 Å². The van der Waals surface area contributed by atoms with Gasteiger partial charge in [0, 0.05) is 6.04 Å². The number of nitrogens with zero attached hydrogens (tertiary/aromatic N) is 1. The molecule has 0 saturated carbocycles. The summed E-state index contributed by atoms with van der Waals surface area (Å²) in [5.74, 6) is -0.716. The summed E-state index contributed by atoms with van der Waals surface area (Å²) in [5.41, 5.74) is 0. The van der Waals surface area contributed by atoms with Gasteiger partial charge in [-0.05, 0) is 25.0 Å². The van der Waals surface area contributed by atoms with E-state index in [0.717, 1.165) is 25.0 Å². The van der Waals surface area contributed by atoms with Crippen molar-refractivity contribution in [2.24, 2.45) is 0 Å². The lowest BCUT2D eigenvalue weighted by atomic mass is 10.1. The molecule has 14 heavy (non-hydrogen) atoms. The van der Waals surface area contributed by atoms with Gasteiger partial charge in [0.05, 0.1) is 0 Å². The minimum atomic E-state index is -0.358. The smallest absolute Gasteiger partial charge is 0.253 e. The van der Waals surface area contributed by atoms with Crippen molar-refractivity contribution in [2.45, 2.75) is 32.7 Å². The summed E-state index contributed by atoms with van der Waals surface area (Å²) in [6.07, 6.45) is 3.80. The Morgan fingerprint density at radius 3 is 1.71 bits per heavy atom. The molecule has 0 atom stereocenters. The predicted octanol–water partition coefficient (Wildman–Crippen LogP) is 1.90. The maximum Gasteiger partial charge on any atom is 0.253 e. The van der Waals surface area contributed by atoms with Crippen molar-refractivity contribution in [2.75, 3.05) is 0 Å². The van der Waals surface area contributed by atoms with E-state index in [1.165, 1.54) is 4.90 Å². The zero-order valence-electron chi connectivity index (χ0n) is 8.82. The van der Waals surface area contributed by atoms with E-state index in [1.54, 1.807) is 0 Å². The van der Waals surface area contributed by atoms with E-state index >= 15 is 0 Å². The first-order valence-corrected chi connectivity index (χ1v) is 4.74. The van der Waals surface area contributed by atoms with Crippen LogP contribution in [0, 0.1) is 0 Å². The molecule has 0 aromatic rings. The maximum atomic E-state index is 11.4. The molecular weight excluding hydrogens is 178 g/mol. The summed E-state index contributed by atoms with van der Waals surface area (Å²) in [5, 5.41) is 0. The topological polar surface area (TPSA) is 37.4 Å². The highest BCUT2D eigenvalue weighted by molar-refractivity contribution is 6.04. The Labute approximate surface area is 85.1 Å². The fourth-order valence-corrected chi connectivity index (χ4v) is 1.32. The van der Waals surface area contributed by atoms with E-state index in [9.17, 15) is 9.59 Å². The highest BCUT2D eigenvalue weighted by Crippen LogP contribution is 2.10. The predicted molar refractivity (Wildman–Crippen MR) is 56.6 cm³/mol. The molecule has 2 amide bonds. The Morgan fingerprint density at radius 2 is 1.50 bits per heavy atom. The summed E-state index contributed by atoms with van der Waals surface area (Å²) in [7, 11) is 0. The van der Waals surface area contributed by atoms with E-state index in [0.29, 0.717) is 0 Å². The average Bonchev–Trinajstić information content (AvgIpc) is 2.23. The Bertz CT molecular complexity index is 222. The second-order valence-corrected chi connectivity index (χ2v) is 2.93. The number of amides is 2. The molecule has 0 rings (SSSR count). The van der Waals surface area contributed by atoms with E-state index in [4.69, 9.17) is 0 Å². The standard InChI is InChI=1S/C11H17NO2/c1-5-9(6-2)12(10(13)7-3)11(14)8-4/h7-9H,3-6H2,1-2H3. The van der Waals surface area contributed by atoms with Crippen LogP contribution >= 0.6 is 0 Å². The van der Waals surface area contributed by atoms with Crippen molar-refractivity contribution in [1.29, 1.82) is 0 Å². The van der Waals surface area contributed by atoms with Crippen LogP contribution in [0.25, 0.3) is 0 Å². The molecule has 0 aromatic heterocycles. The quantitative estimate of drug-likeness (QED) is 0.628. The molecular formula is C11H17NO2. The molecule has 0 radical (unpaired) electrons. The molecule has 0 heterocycles. The molecule has 3 heteroatoms. The summed E-state index contributed by atoms with van der Waals surface area (Å²) < 4.78 is 0. The first kappa shape index (κ1) is 12.6. The van der Waals surface area contributed by atoms with Gasteiger partial charge in [0.25, 0.3) is 11.8 Å². The summed E-state index contributed by atoms with van der Waals surface area (Å²) in [6.45, 7) is 10.6. The molecule has 0 aromatic carbocycles. The number of carbonyl (C=O) groups excluding carboxylic acids is 2. The molecule has 0 aliphatic heterocycles. The van der Waals surface area contributed by atoms with Gasteiger partial charge in [0.2, 0.25) is 0 Å². The fraction of sp³-hybridized carbons (Fsp3) is 0.455. The molecule has 0 bridgehead atoms. The molecule has 0 fully saturated rings. The first-order valence-electron chi connectivity index (χ1n) is 4.74. The monoisotopic (exact) mass is 195 g/mol. The van der Waals surface area contributed by atoms with Gasteiger partial charge in [-0.25, -0.2) is 0 Å². The molecule has 0 unspecified atom stereocenters. The molecule has 0 aliphatic rings. The number of rotatable bonds is 5. The lowest BCUT2D eigenvalue weighted by molar-refractivity contribution is -0.141. The molecule has 0 saturated heterocycles. The Kier molecular flexibility index (Phi) is 5.53. The average molecular weight is 195 g/mol. The summed E-state index contributed by atoms with van der Waals surface area (Å²) >= 11 is 0. The lowest BCUT2D eigenvalue weighted by Crippen LogP contribution is -2.42. The SMILES string of the molecule is C=CC(=O)N(C(=O)C=C)C(CC)CC. The van der Waals surface area contributed by atoms with Crippen molar-refractivity contribution in [1.82, 2.24) is 4.90 Å². The van der Waals surface area contributed by atoms with Gasteiger partial charge in [-0.15, -0.1) is 0 Å². The van der Waals surface area contributed by atoms with Gasteiger partial charge in [0.1, 0.15) is 0 Å². The highest BCUT2D eigenvalue weighted by Gasteiger charge is 2.23. The van der Waals surface area contributed by atoms with Crippen LogP contribution in [-0.4, -0.2) is 22.8 Å². The van der Waals surface area contributed by atoms with Gasteiger partial charge < -0.3 is 0 Å². The zero-order valence-corrected chi connectivity index (χ0v) is 8.82. The van der Waals surface area contributed by atoms with Crippen LogP contribution in [0.1, 0.15) is 26.7 Å². The van der Waals surface area contributed by atoms with Gasteiger partial charge in [-0.1, -0.05) is 27.0 Å². The number of hydrogen-bond donors (Lipinski definition) is 0. The molecule has 0 aliphatic carbocycles. The van der Waals surface area contributed by atoms with E-state index in [1.807, 2.05) is 13.8 Å². The van der Waals surface area contributed by atoms with E-state index < -0.39 is 0 Å². The minimum Gasteiger partial charge on any atom is -0.272 e. The lowest BCUT2D eigenvalue weighted by Gasteiger charge is -2.26. The zero-order chi connectivity index (χ0) is 11.1. The largest absolute Gasteiger partial charge is 0.272 e. The summed E-state index contributed by atoms with van der Waals surface area (Å²) in [4.78, 5) is 24.0. The van der Waals surface area contributed by atoms with Crippen LogP contribution in [0.2, 0.25) is 0 Å². The van der Waals surface area contributed by atoms with Crippen molar-refractivity contribution in [3.8, 4) is 0 Å². The van der Waals surface area contributed by atoms with Gasteiger partial charge in [0.15, 0.2) is 0 Å². The van der Waals surface area contributed by atoms with E-state index in [2.05, 4.69) is 13.2 Å². The van der Waals surface area contributed by atoms with Crippen molar-refractivity contribution in [3.63, 3.8) is 0 Å². The van der Waals surface area contributed by atoms with Crippen LogP contribution < -0.4 is 0 Å². The molecule has 78 valence electrons. The minimum absolute atomic E-state index is 0.0639. The highest BCUT2D eigenvalue weighted by atomic mass is 16.2. The number of carbonyl (C=O) groups is 2. The van der Waals surface area contributed by atoms with Gasteiger partial charge >= 0.3 is 0 Å². The Morgan fingerprint density at radius 1 is 1.14 bits per heavy atom. The van der Waals surface area contributed by atoms with Gasteiger partial charge in [-0.2, -0.15) is 0 Å². The normalized spacial score (nSPS) is 9.64. The third kappa shape index (κ3) is 2.83. The van der Waals surface area contributed by atoms with Crippen LogP contribution in [0.15, 0.2) is 25.3 Å². The molecule has 3 nitrogen and oxygen atoms in total. The fourth-order valence-electron chi connectivity index (χ4n) is 1.32. The number of imide groups is 1. The van der Waals surface area contributed by atoms with Crippen LogP contribution in [0.4, 0.5) is 0 Å². The third-order valence-corrected chi connectivity index (χ3v) is 2.13. The second kappa shape index (κ2) is 6.13. The summed E-state index contributed by atoms with van der Waals surface area (Å²) in [6, 6.07) is -0.0639. The van der Waals surface area contributed by atoms with E-state index in [-0.39, 0.29) is 17.9 Å². The van der Waals surface area contributed by atoms with Crippen molar-refractivity contribution < 1.29 is 9.59 Å². The Balaban J connectivity index is 4.86. The first-order chi connectivity index (χ1) is 6.62. The number of hydrogen-bond acceptors (Lipinski definition) is 2. The molecule has 0 spiro atoms. The third-order valence-electron chi connectivity index (χ3n) is 2.13. The van der Waals surface area contributed by atoms with Crippen LogP contribution in [0.3, 0.4) is 0 Å². The molecule has 0 N–H and O–H groups in total. The van der Waals surface area contributed by atoms with Crippen molar-refractivity contribution in [3.05, 3.63) is 25.3 Å². The van der Waals surface area contributed by atoms with Crippen LogP contribution in [-0.2, 0) is 9.59 Å². The Hall–Kier alpha value is -1.38. The van der Waals surface area contributed by atoms with Crippen molar-refractivity contribution >= 4 is 11.8 Å². The second-order valence-electron chi connectivity index (χ2n) is 2.93. The van der Waals surface area contributed by atoms with Crippen LogP contribution in [0.5, 0.6) is 0 Å². The maximum absolute atomic E-state index is 11.4.